The molecule has 0 radical (unpaired) electrons. The van der Waals surface area contributed by atoms with E-state index in [-0.39, 0.29) is 11.8 Å². The summed E-state index contributed by atoms with van der Waals surface area (Å²) in [6.07, 6.45) is 5.28. The highest BCUT2D eigenvalue weighted by molar-refractivity contribution is 5.94. The van der Waals surface area contributed by atoms with Crippen molar-refractivity contribution in [2.24, 2.45) is 0 Å². The van der Waals surface area contributed by atoms with Crippen LogP contribution in [-0.4, -0.2) is 48.3 Å². The Hall–Kier alpha value is -4.20. The van der Waals surface area contributed by atoms with Gasteiger partial charge in [0.2, 0.25) is 0 Å². The average Bonchev–Trinajstić information content (AvgIpc) is 3.64. The summed E-state index contributed by atoms with van der Waals surface area (Å²) in [5.74, 6) is 1.83. The summed E-state index contributed by atoms with van der Waals surface area (Å²) in [6, 6.07) is 21.1. The Labute approximate surface area is 190 Å². The Balaban J connectivity index is 1.26. The molecule has 0 aliphatic carbocycles. The van der Waals surface area contributed by atoms with Crippen molar-refractivity contribution < 1.29 is 9.21 Å². The molecule has 0 bridgehead atoms. The SMILES string of the molecule is O=C(c1cc(-c2ccco2)nn1-c1ccccc1)N1CCC(c2nnc3ccccn23)CC1. The monoisotopic (exact) mass is 438 g/mol. The van der Waals surface area contributed by atoms with Gasteiger partial charge in [0.05, 0.1) is 12.0 Å². The summed E-state index contributed by atoms with van der Waals surface area (Å²) < 4.78 is 9.27. The largest absolute Gasteiger partial charge is 0.463 e. The zero-order chi connectivity index (χ0) is 22.2. The van der Waals surface area contributed by atoms with Crippen molar-refractivity contribution in [1.29, 1.82) is 0 Å². The van der Waals surface area contributed by atoms with Crippen LogP contribution in [0.3, 0.4) is 0 Å². The lowest BCUT2D eigenvalue weighted by Crippen LogP contribution is -2.39. The molecule has 0 N–H and O–H groups in total. The van der Waals surface area contributed by atoms with E-state index in [9.17, 15) is 4.79 Å². The van der Waals surface area contributed by atoms with Crippen molar-refractivity contribution in [3.63, 3.8) is 0 Å². The van der Waals surface area contributed by atoms with E-state index in [0.717, 1.165) is 30.0 Å². The van der Waals surface area contributed by atoms with Crippen molar-refractivity contribution in [2.75, 3.05) is 13.1 Å². The summed E-state index contributed by atoms with van der Waals surface area (Å²) in [5, 5.41) is 13.4. The van der Waals surface area contributed by atoms with Crippen molar-refractivity contribution in [1.82, 2.24) is 29.3 Å². The molecule has 1 amide bonds. The lowest BCUT2D eigenvalue weighted by atomic mass is 9.95. The van der Waals surface area contributed by atoms with E-state index < -0.39 is 0 Å². The number of carbonyl (C=O) groups is 1. The number of para-hydroxylation sites is 1. The predicted octanol–water partition coefficient (Wildman–Crippen LogP) is 4.19. The summed E-state index contributed by atoms with van der Waals surface area (Å²) in [7, 11) is 0. The smallest absolute Gasteiger partial charge is 0.272 e. The lowest BCUT2D eigenvalue weighted by molar-refractivity contribution is 0.0701. The van der Waals surface area contributed by atoms with E-state index in [1.807, 2.05) is 82.2 Å². The van der Waals surface area contributed by atoms with Crippen molar-refractivity contribution in [3.8, 4) is 17.1 Å². The number of hydrogen-bond donors (Lipinski definition) is 0. The van der Waals surface area contributed by atoms with Gasteiger partial charge in [-0.3, -0.25) is 9.20 Å². The predicted molar refractivity (Wildman–Crippen MR) is 122 cm³/mol. The third kappa shape index (κ3) is 3.49. The molecular formula is C25H22N6O2. The van der Waals surface area contributed by atoms with Gasteiger partial charge in [-0.2, -0.15) is 5.10 Å². The Morgan fingerprint density at radius 2 is 1.76 bits per heavy atom. The van der Waals surface area contributed by atoms with Gasteiger partial charge in [-0.15, -0.1) is 10.2 Å². The molecule has 6 rings (SSSR count). The van der Waals surface area contributed by atoms with Gasteiger partial charge in [0.25, 0.3) is 5.91 Å². The minimum absolute atomic E-state index is 0.0336. The molecule has 1 aliphatic heterocycles. The van der Waals surface area contributed by atoms with E-state index in [4.69, 9.17) is 4.42 Å². The molecule has 1 aliphatic rings. The maximum absolute atomic E-state index is 13.6. The first-order chi connectivity index (χ1) is 16.3. The molecule has 1 aromatic carbocycles. The zero-order valence-electron chi connectivity index (χ0n) is 17.9. The molecule has 8 heteroatoms. The number of furan rings is 1. The molecule has 5 heterocycles. The zero-order valence-corrected chi connectivity index (χ0v) is 17.9. The molecule has 8 nitrogen and oxygen atoms in total. The van der Waals surface area contributed by atoms with E-state index in [0.29, 0.717) is 30.2 Å². The van der Waals surface area contributed by atoms with Crippen LogP contribution in [0.4, 0.5) is 0 Å². The van der Waals surface area contributed by atoms with Gasteiger partial charge in [0.1, 0.15) is 17.2 Å². The quantitative estimate of drug-likeness (QED) is 0.420. The highest BCUT2D eigenvalue weighted by Crippen LogP contribution is 2.29. The normalized spacial score (nSPS) is 14.7. The van der Waals surface area contributed by atoms with Gasteiger partial charge in [0.15, 0.2) is 11.4 Å². The van der Waals surface area contributed by atoms with Crippen LogP contribution in [0, 0.1) is 0 Å². The fourth-order valence-corrected chi connectivity index (χ4v) is 4.49. The van der Waals surface area contributed by atoms with E-state index >= 15 is 0 Å². The van der Waals surface area contributed by atoms with Gasteiger partial charge in [-0.1, -0.05) is 24.3 Å². The van der Waals surface area contributed by atoms with Crippen LogP contribution in [0.5, 0.6) is 0 Å². The second-order valence-electron chi connectivity index (χ2n) is 8.19. The van der Waals surface area contributed by atoms with Crippen molar-refractivity contribution >= 4 is 11.6 Å². The minimum atomic E-state index is -0.0336. The molecule has 1 saturated heterocycles. The van der Waals surface area contributed by atoms with Crippen LogP contribution in [0.15, 0.2) is 83.6 Å². The topological polar surface area (TPSA) is 81.5 Å². The number of nitrogens with zero attached hydrogens (tertiary/aromatic N) is 6. The van der Waals surface area contributed by atoms with Crippen LogP contribution in [-0.2, 0) is 0 Å². The number of carbonyl (C=O) groups excluding carboxylic acids is 1. The van der Waals surface area contributed by atoms with E-state index in [1.54, 1.807) is 10.9 Å². The van der Waals surface area contributed by atoms with Gasteiger partial charge in [-0.05, 0) is 49.2 Å². The van der Waals surface area contributed by atoms with Gasteiger partial charge in [-0.25, -0.2) is 4.68 Å². The number of likely N-dealkylation sites (tertiary alicyclic amines) is 1. The molecule has 1 fully saturated rings. The maximum Gasteiger partial charge on any atom is 0.272 e. The summed E-state index contributed by atoms with van der Waals surface area (Å²) in [6.45, 7) is 1.31. The number of hydrogen-bond acceptors (Lipinski definition) is 5. The molecule has 5 aromatic rings. The second-order valence-corrected chi connectivity index (χ2v) is 8.19. The molecule has 0 saturated carbocycles. The average molecular weight is 438 g/mol. The standard InChI is InChI=1S/C25H22N6O2/c32-25(29-14-11-18(12-15-29)24-27-26-23-10-4-5-13-30(23)24)21-17-20(22-9-6-16-33-22)28-31(21)19-7-2-1-3-8-19/h1-10,13,16-18H,11-12,14-15H2. The van der Waals surface area contributed by atoms with Crippen LogP contribution in [0.1, 0.15) is 35.1 Å². The summed E-state index contributed by atoms with van der Waals surface area (Å²) >= 11 is 0. The van der Waals surface area contributed by atoms with Crippen LogP contribution in [0.25, 0.3) is 22.8 Å². The van der Waals surface area contributed by atoms with Crippen molar-refractivity contribution in [2.45, 2.75) is 18.8 Å². The minimum Gasteiger partial charge on any atom is -0.463 e. The number of aromatic nitrogens is 5. The summed E-state index contributed by atoms with van der Waals surface area (Å²) in [5.41, 5.74) is 2.85. The third-order valence-electron chi connectivity index (χ3n) is 6.19. The van der Waals surface area contributed by atoms with Crippen LogP contribution >= 0.6 is 0 Å². The third-order valence-corrected chi connectivity index (χ3v) is 6.19. The molecule has 33 heavy (non-hydrogen) atoms. The van der Waals surface area contributed by atoms with Gasteiger partial charge >= 0.3 is 0 Å². The van der Waals surface area contributed by atoms with Crippen molar-refractivity contribution in [3.05, 3.63) is 90.7 Å². The number of pyridine rings is 1. The number of fused-ring (bicyclic) bond motifs is 1. The number of amides is 1. The molecule has 0 atom stereocenters. The Morgan fingerprint density at radius 1 is 0.939 bits per heavy atom. The number of rotatable bonds is 4. The first kappa shape index (κ1) is 19.5. The molecular weight excluding hydrogens is 416 g/mol. The van der Waals surface area contributed by atoms with Crippen LogP contribution < -0.4 is 0 Å². The van der Waals surface area contributed by atoms with Gasteiger partial charge < -0.3 is 9.32 Å². The van der Waals surface area contributed by atoms with Gasteiger partial charge in [0, 0.05) is 31.3 Å². The number of benzene rings is 1. The van der Waals surface area contributed by atoms with E-state index in [2.05, 4.69) is 15.3 Å². The first-order valence-electron chi connectivity index (χ1n) is 11.1. The Bertz CT molecular complexity index is 1400. The molecule has 0 unspecified atom stereocenters. The molecule has 164 valence electrons. The highest BCUT2D eigenvalue weighted by atomic mass is 16.3. The Kier molecular flexibility index (Phi) is 4.75. The van der Waals surface area contributed by atoms with E-state index in [1.165, 1.54) is 0 Å². The maximum atomic E-state index is 13.6. The lowest BCUT2D eigenvalue weighted by Gasteiger charge is -2.31. The fraction of sp³-hybridized carbons (Fsp3) is 0.200. The number of piperidine rings is 1. The fourth-order valence-electron chi connectivity index (χ4n) is 4.49. The first-order valence-corrected chi connectivity index (χ1v) is 11.1. The molecule has 4 aromatic heterocycles. The van der Waals surface area contributed by atoms with Crippen LogP contribution in [0.2, 0.25) is 0 Å². The highest BCUT2D eigenvalue weighted by Gasteiger charge is 2.29. The summed E-state index contributed by atoms with van der Waals surface area (Å²) in [4.78, 5) is 15.5. The second kappa shape index (κ2) is 8.05. The Morgan fingerprint density at radius 3 is 2.55 bits per heavy atom. The molecule has 0 spiro atoms.